The van der Waals surface area contributed by atoms with Crippen LogP contribution in [-0.2, 0) is 29.0 Å². The minimum atomic E-state index is -1.30. The van der Waals surface area contributed by atoms with Crippen LogP contribution >= 0.6 is 15.9 Å². The molecule has 0 aromatic heterocycles. The van der Waals surface area contributed by atoms with E-state index in [4.69, 9.17) is 0 Å². The summed E-state index contributed by atoms with van der Waals surface area (Å²) < 4.78 is 0.764. The maximum absolute atomic E-state index is 13.2. The van der Waals surface area contributed by atoms with Gasteiger partial charge in [-0.25, -0.2) is 9.59 Å². The number of carbonyl (C=O) groups excluding carboxylic acids is 2. The Bertz CT molecular complexity index is 1290. The van der Waals surface area contributed by atoms with Crippen molar-refractivity contribution in [3.05, 3.63) is 99.5 Å². The molecular weight excluding hydrogens is 538 g/mol. The molecule has 2 aliphatic rings. The second kappa shape index (κ2) is 11.6. The number of halogens is 1. The number of nitrogens with zero attached hydrogens (tertiary/aromatic N) is 1. The van der Waals surface area contributed by atoms with Gasteiger partial charge in [0, 0.05) is 23.1 Å². The highest BCUT2D eigenvalue weighted by molar-refractivity contribution is 9.10. The lowest BCUT2D eigenvalue weighted by molar-refractivity contribution is -0.153. The molecule has 37 heavy (non-hydrogen) atoms. The van der Waals surface area contributed by atoms with Gasteiger partial charge in [-0.1, -0.05) is 70.5 Å². The van der Waals surface area contributed by atoms with Gasteiger partial charge in [0.05, 0.1) is 6.10 Å². The highest BCUT2D eigenvalue weighted by Gasteiger charge is 2.39. The van der Waals surface area contributed by atoms with E-state index in [0.717, 1.165) is 15.6 Å². The monoisotopic (exact) mass is 565 g/mol. The lowest BCUT2D eigenvalue weighted by atomic mass is 9.93. The van der Waals surface area contributed by atoms with Crippen LogP contribution in [0.4, 0.5) is 10.5 Å². The zero-order chi connectivity index (χ0) is 26.5. The van der Waals surface area contributed by atoms with E-state index in [1.807, 2.05) is 24.3 Å². The molecule has 8 nitrogen and oxygen atoms in total. The Labute approximate surface area is 223 Å². The summed E-state index contributed by atoms with van der Waals surface area (Å²) in [5.74, 6) is -1.79. The van der Waals surface area contributed by atoms with Crippen molar-refractivity contribution in [2.24, 2.45) is 0 Å². The molecule has 0 saturated heterocycles. The molecule has 9 heteroatoms. The molecule has 3 aromatic rings. The van der Waals surface area contributed by atoms with E-state index in [1.54, 1.807) is 24.3 Å². The van der Waals surface area contributed by atoms with E-state index in [1.165, 1.54) is 29.4 Å². The third kappa shape index (κ3) is 6.75. The Morgan fingerprint density at radius 1 is 0.946 bits per heavy atom. The summed E-state index contributed by atoms with van der Waals surface area (Å²) >= 11 is 3.31. The highest BCUT2D eigenvalue weighted by Crippen LogP contribution is 2.26. The number of nitrogens with one attached hydrogen (secondary N) is 2. The molecule has 3 aromatic carbocycles. The molecule has 2 unspecified atom stereocenters. The van der Waals surface area contributed by atoms with Crippen LogP contribution < -0.4 is 10.6 Å². The molecule has 0 saturated carbocycles. The summed E-state index contributed by atoms with van der Waals surface area (Å²) in [7, 11) is 0. The van der Waals surface area contributed by atoms with Crippen molar-refractivity contribution >= 4 is 39.5 Å². The summed E-state index contributed by atoms with van der Waals surface area (Å²) in [4.78, 5) is 38.6. The molecule has 3 atom stereocenters. The Balaban J connectivity index is 0.000000387. The molecule has 192 valence electrons. The summed E-state index contributed by atoms with van der Waals surface area (Å²) in [6.45, 7) is 1.46. The van der Waals surface area contributed by atoms with Crippen molar-refractivity contribution in [2.45, 2.75) is 44.5 Å². The number of hydrogen-bond acceptors (Lipinski definition) is 4. The number of benzene rings is 3. The number of aliphatic hydroxyl groups is 1. The predicted octanol–water partition coefficient (Wildman–Crippen LogP) is 3.95. The molecule has 1 aliphatic heterocycles. The van der Waals surface area contributed by atoms with E-state index in [2.05, 4.69) is 50.8 Å². The molecule has 3 amide bonds. The van der Waals surface area contributed by atoms with Gasteiger partial charge in [0.2, 0.25) is 5.91 Å². The number of amides is 3. The number of aliphatic carboxylic acids is 1. The first-order valence-corrected chi connectivity index (χ1v) is 12.7. The highest BCUT2D eigenvalue weighted by atomic mass is 79.9. The Hall–Kier alpha value is -3.69. The maximum atomic E-state index is 13.2. The molecular formula is C28H28BrN3O5. The van der Waals surface area contributed by atoms with Crippen LogP contribution in [0.15, 0.2) is 77.3 Å². The molecule has 0 fully saturated rings. The topological polar surface area (TPSA) is 119 Å². The van der Waals surface area contributed by atoms with Gasteiger partial charge in [-0.15, -0.1) is 0 Å². The fourth-order valence-electron chi connectivity index (χ4n) is 4.25. The average Bonchev–Trinajstić information content (AvgIpc) is 3.66. The molecule has 5 rings (SSSR count). The normalized spacial score (nSPS) is 16.6. The van der Waals surface area contributed by atoms with Gasteiger partial charge in [0.15, 0.2) is 0 Å². The largest absolute Gasteiger partial charge is 0.480 e. The smallest absolute Gasteiger partial charge is 0.326 e. The van der Waals surface area contributed by atoms with Crippen molar-refractivity contribution in [1.29, 1.82) is 0 Å². The van der Waals surface area contributed by atoms with Gasteiger partial charge in [-0.2, -0.15) is 0 Å². The van der Waals surface area contributed by atoms with Crippen molar-refractivity contribution in [3.8, 4) is 0 Å². The summed E-state index contributed by atoms with van der Waals surface area (Å²) in [5.41, 5.74) is 5.26. The summed E-state index contributed by atoms with van der Waals surface area (Å²) in [5, 5.41) is 24.9. The van der Waals surface area contributed by atoms with Crippen molar-refractivity contribution in [2.75, 3.05) is 5.32 Å². The first kappa shape index (κ1) is 26.4. The third-order valence-corrected chi connectivity index (χ3v) is 6.80. The average molecular weight is 566 g/mol. The fourth-order valence-corrected chi connectivity index (χ4v) is 4.65. The second-order valence-corrected chi connectivity index (χ2v) is 9.98. The van der Waals surface area contributed by atoms with Crippen LogP contribution in [0, 0.1) is 0 Å². The Morgan fingerprint density at radius 2 is 1.57 bits per heavy atom. The number of carbonyl (C=O) groups is 3. The molecule has 0 spiro atoms. The zero-order valence-corrected chi connectivity index (χ0v) is 21.8. The molecule has 0 bridgehead atoms. The van der Waals surface area contributed by atoms with Crippen LogP contribution in [0.2, 0.25) is 0 Å². The maximum Gasteiger partial charge on any atom is 0.326 e. The van der Waals surface area contributed by atoms with Crippen molar-refractivity contribution in [1.82, 2.24) is 10.2 Å². The van der Waals surface area contributed by atoms with Crippen molar-refractivity contribution in [3.63, 3.8) is 0 Å². The second-order valence-electron chi connectivity index (χ2n) is 9.07. The number of aliphatic hydroxyl groups excluding tert-OH is 1. The van der Waals surface area contributed by atoms with Gasteiger partial charge < -0.3 is 25.7 Å². The Morgan fingerprint density at radius 3 is 2.14 bits per heavy atom. The van der Waals surface area contributed by atoms with Gasteiger partial charge >= 0.3 is 12.0 Å². The first-order valence-electron chi connectivity index (χ1n) is 11.9. The van der Waals surface area contributed by atoms with E-state index >= 15 is 0 Å². The number of fused-ring (bicyclic) bond motifs is 2. The minimum Gasteiger partial charge on any atom is -0.480 e. The molecule has 1 aliphatic carbocycles. The minimum absolute atomic E-state index is 0.0874. The number of urea groups is 1. The SMILES string of the molecule is CC(O)C(NC(=O)Nc1cccc(Br)c1)C(=O)N1Cc2ccccc2C[C@@H]1C(=O)O.c1ccc2c(c1)C2. The molecule has 0 radical (unpaired) electrons. The third-order valence-electron chi connectivity index (χ3n) is 6.31. The van der Waals surface area contributed by atoms with Crippen LogP contribution in [0.5, 0.6) is 0 Å². The number of rotatable bonds is 5. The predicted molar refractivity (Wildman–Crippen MR) is 143 cm³/mol. The zero-order valence-electron chi connectivity index (χ0n) is 20.2. The summed E-state index contributed by atoms with van der Waals surface area (Å²) in [6, 6.07) is 19.7. The van der Waals surface area contributed by atoms with E-state index < -0.39 is 36.1 Å². The lowest BCUT2D eigenvalue weighted by Crippen LogP contribution is -2.59. The first-order chi connectivity index (χ1) is 17.7. The van der Waals surface area contributed by atoms with Crippen molar-refractivity contribution < 1.29 is 24.6 Å². The van der Waals surface area contributed by atoms with Crippen LogP contribution in [0.3, 0.4) is 0 Å². The van der Waals surface area contributed by atoms with Crippen LogP contribution in [0.25, 0.3) is 0 Å². The summed E-state index contributed by atoms with van der Waals surface area (Å²) in [6.07, 6.45) is 0.179. The van der Waals surface area contributed by atoms with Gasteiger partial charge in [0.1, 0.15) is 12.1 Å². The molecule has 4 N–H and O–H groups in total. The molecule has 1 heterocycles. The van der Waals surface area contributed by atoms with Crippen LogP contribution in [-0.4, -0.2) is 51.2 Å². The van der Waals surface area contributed by atoms with Gasteiger partial charge in [-0.05, 0) is 53.8 Å². The number of hydrogen-bond donors (Lipinski definition) is 4. The van der Waals surface area contributed by atoms with E-state index in [0.29, 0.717) is 5.69 Å². The number of carboxylic acid groups (broad SMARTS) is 1. The standard InChI is InChI=1S/C21H22BrN3O5.C7H6/c1-12(26)18(24-21(30)23-16-8-4-7-15(22)10-16)19(27)25-11-14-6-3-2-5-13(14)9-17(25)20(28)29;1-2-4-7-5-6(7)3-1/h2-8,10,12,17-18,26H,9,11H2,1H3,(H,28,29)(H2,23,24,30);1-4H,5H2/t12?,17-,18?;/m1./s1. The lowest BCUT2D eigenvalue weighted by Gasteiger charge is -2.37. The van der Waals surface area contributed by atoms with E-state index in [9.17, 15) is 24.6 Å². The van der Waals surface area contributed by atoms with Gasteiger partial charge in [0.25, 0.3) is 0 Å². The van der Waals surface area contributed by atoms with Crippen LogP contribution in [0.1, 0.15) is 29.2 Å². The number of anilines is 1. The van der Waals surface area contributed by atoms with Gasteiger partial charge in [-0.3, -0.25) is 4.79 Å². The fraction of sp³-hybridized carbons (Fsp3) is 0.250. The quantitative estimate of drug-likeness (QED) is 0.292. The Kier molecular flexibility index (Phi) is 8.25. The number of carboxylic acids is 1. The van der Waals surface area contributed by atoms with E-state index in [-0.39, 0.29) is 13.0 Å².